The van der Waals surface area contributed by atoms with Gasteiger partial charge in [-0.2, -0.15) is 8.99 Å². The summed E-state index contributed by atoms with van der Waals surface area (Å²) in [6, 6.07) is 13.0. The van der Waals surface area contributed by atoms with Gasteiger partial charge in [0.2, 0.25) is 10.0 Å². The zero-order valence-electron chi connectivity index (χ0n) is 17.9. The van der Waals surface area contributed by atoms with Gasteiger partial charge < -0.3 is 4.74 Å². The first-order chi connectivity index (χ1) is 14.9. The molecule has 0 saturated carbocycles. The molecule has 0 atom stereocenters. The summed E-state index contributed by atoms with van der Waals surface area (Å²) in [6.45, 7) is 6.42. The van der Waals surface area contributed by atoms with Crippen molar-refractivity contribution in [2.24, 2.45) is 0 Å². The molecule has 3 aromatic rings. The fourth-order valence-electron chi connectivity index (χ4n) is 3.78. The lowest BCUT2D eigenvalue weighted by Gasteiger charge is -2.33. The molecule has 2 aromatic carbocycles. The molecule has 0 spiro atoms. The molecule has 10 heteroatoms. The van der Waals surface area contributed by atoms with Crippen LogP contribution in [0.4, 0.5) is 0 Å². The van der Waals surface area contributed by atoms with Gasteiger partial charge in [0.1, 0.15) is 5.75 Å². The second kappa shape index (κ2) is 8.74. The zero-order valence-corrected chi connectivity index (χ0v) is 18.7. The second-order valence-electron chi connectivity index (χ2n) is 7.65. The number of hydrogen-bond acceptors (Lipinski definition) is 7. The molecule has 2 heterocycles. The average molecular weight is 443 g/mol. The second-order valence-corrected chi connectivity index (χ2v) is 9.56. The van der Waals surface area contributed by atoms with E-state index < -0.39 is 10.0 Å². The van der Waals surface area contributed by atoms with Crippen LogP contribution in [0.15, 0.2) is 47.4 Å². The quantitative estimate of drug-likeness (QED) is 0.575. The molecule has 0 N–H and O–H groups in total. The molecule has 1 aliphatic heterocycles. The number of tetrazole rings is 1. The van der Waals surface area contributed by atoms with Crippen LogP contribution < -0.4 is 4.74 Å². The molecule has 1 aromatic heterocycles. The minimum Gasteiger partial charge on any atom is -0.497 e. The lowest BCUT2D eigenvalue weighted by molar-refractivity contribution is 0.177. The van der Waals surface area contributed by atoms with Crippen LogP contribution in [0, 0.1) is 13.8 Å². The highest BCUT2D eigenvalue weighted by Gasteiger charge is 2.30. The van der Waals surface area contributed by atoms with Gasteiger partial charge in [-0.05, 0) is 60.2 Å². The normalized spacial score (nSPS) is 15.8. The molecule has 0 aliphatic carbocycles. The van der Waals surface area contributed by atoms with Crippen LogP contribution in [0.3, 0.4) is 0 Å². The summed E-state index contributed by atoms with van der Waals surface area (Å²) in [7, 11) is -1.88. The lowest BCUT2D eigenvalue weighted by Crippen LogP contribution is -2.48. The largest absolute Gasteiger partial charge is 0.497 e. The van der Waals surface area contributed by atoms with Crippen molar-refractivity contribution in [3.05, 3.63) is 59.4 Å². The summed E-state index contributed by atoms with van der Waals surface area (Å²) in [5.41, 5.74) is 2.67. The Morgan fingerprint density at radius 2 is 1.71 bits per heavy atom. The molecule has 0 amide bonds. The summed E-state index contributed by atoms with van der Waals surface area (Å²) in [5.74, 6) is 1.47. The molecule has 1 fully saturated rings. The third-order valence-electron chi connectivity index (χ3n) is 5.50. The maximum atomic E-state index is 13.1. The summed E-state index contributed by atoms with van der Waals surface area (Å²) in [4.78, 5) is 2.55. The Bertz CT molecular complexity index is 1150. The minimum atomic E-state index is -3.50. The van der Waals surface area contributed by atoms with Crippen molar-refractivity contribution in [1.29, 1.82) is 0 Å². The third kappa shape index (κ3) is 4.46. The van der Waals surface area contributed by atoms with E-state index in [2.05, 4.69) is 20.4 Å². The number of rotatable bonds is 6. The number of aromatic nitrogens is 4. The van der Waals surface area contributed by atoms with Crippen molar-refractivity contribution >= 4 is 10.0 Å². The van der Waals surface area contributed by atoms with E-state index in [9.17, 15) is 8.42 Å². The average Bonchev–Trinajstić information content (AvgIpc) is 3.22. The third-order valence-corrected chi connectivity index (χ3v) is 7.55. The van der Waals surface area contributed by atoms with Crippen LogP contribution in [0.25, 0.3) is 5.69 Å². The van der Waals surface area contributed by atoms with Crippen LogP contribution in [0.2, 0.25) is 0 Å². The Labute approximate surface area is 182 Å². The number of nitrogens with zero attached hydrogens (tertiary/aromatic N) is 6. The number of piperazine rings is 1. The molecular formula is C21H26N6O3S. The van der Waals surface area contributed by atoms with Crippen LogP contribution >= 0.6 is 0 Å². The SMILES string of the molecule is COc1ccc(-n2nnnc2CN2CCN(S(=O)(=O)c3ccc(C)cc3C)CC2)cc1. The van der Waals surface area contributed by atoms with Crippen molar-refractivity contribution < 1.29 is 13.2 Å². The highest BCUT2D eigenvalue weighted by atomic mass is 32.2. The van der Waals surface area contributed by atoms with E-state index in [0.29, 0.717) is 43.4 Å². The maximum absolute atomic E-state index is 13.1. The van der Waals surface area contributed by atoms with Gasteiger partial charge in [0.25, 0.3) is 0 Å². The fraction of sp³-hybridized carbons (Fsp3) is 0.381. The van der Waals surface area contributed by atoms with Crippen molar-refractivity contribution in [3.8, 4) is 11.4 Å². The van der Waals surface area contributed by atoms with Crippen molar-refractivity contribution in [2.45, 2.75) is 25.3 Å². The fourth-order valence-corrected chi connectivity index (χ4v) is 5.41. The topological polar surface area (TPSA) is 93.4 Å². The molecule has 0 bridgehead atoms. The van der Waals surface area contributed by atoms with Gasteiger partial charge in [-0.15, -0.1) is 5.10 Å². The van der Waals surface area contributed by atoms with E-state index >= 15 is 0 Å². The number of hydrogen-bond donors (Lipinski definition) is 0. The monoisotopic (exact) mass is 442 g/mol. The molecule has 1 aliphatic rings. The zero-order chi connectivity index (χ0) is 22.0. The van der Waals surface area contributed by atoms with Gasteiger partial charge in [-0.1, -0.05) is 17.7 Å². The summed E-state index contributed by atoms with van der Waals surface area (Å²) in [6.07, 6.45) is 0. The number of ether oxygens (including phenoxy) is 1. The van der Waals surface area contributed by atoms with Gasteiger partial charge in [-0.25, -0.2) is 8.42 Å². The van der Waals surface area contributed by atoms with Gasteiger partial charge in [0, 0.05) is 26.2 Å². The van der Waals surface area contributed by atoms with Gasteiger partial charge >= 0.3 is 0 Å². The Morgan fingerprint density at radius 3 is 2.35 bits per heavy atom. The Kier molecular flexibility index (Phi) is 6.03. The molecule has 164 valence electrons. The maximum Gasteiger partial charge on any atom is 0.243 e. The molecular weight excluding hydrogens is 416 g/mol. The highest BCUT2D eigenvalue weighted by molar-refractivity contribution is 7.89. The Hall–Kier alpha value is -2.82. The van der Waals surface area contributed by atoms with Crippen LogP contribution in [0.1, 0.15) is 17.0 Å². The van der Waals surface area contributed by atoms with Crippen molar-refractivity contribution in [1.82, 2.24) is 29.4 Å². The van der Waals surface area contributed by atoms with Gasteiger partial charge in [-0.3, -0.25) is 4.90 Å². The summed E-state index contributed by atoms with van der Waals surface area (Å²) >= 11 is 0. The molecule has 0 radical (unpaired) electrons. The highest BCUT2D eigenvalue weighted by Crippen LogP contribution is 2.23. The minimum absolute atomic E-state index is 0.384. The van der Waals surface area contributed by atoms with Crippen molar-refractivity contribution in [3.63, 3.8) is 0 Å². The number of benzene rings is 2. The van der Waals surface area contributed by atoms with E-state index in [4.69, 9.17) is 4.74 Å². The van der Waals surface area contributed by atoms with Crippen molar-refractivity contribution in [2.75, 3.05) is 33.3 Å². The number of methoxy groups -OCH3 is 1. The molecule has 4 rings (SSSR count). The smallest absolute Gasteiger partial charge is 0.243 e. The lowest BCUT2D eigenvalue weighted by atomic mass is 10.2. The first-order valence-corrected chi connectivity index (χ1v) is 11.5. The van der Waals surface area contributed by atoms with Crippen LogP contribution in [0.5, 0.6) is 5.75 Å². The van der Waals surface area contributed by atoms with E-state index in [1.54, 1.807) is 22.2 Å². The number of sulfonamides is 1. The first-order valence-electron chi connectivity index (χ1n) is 10.1. The Morgan fingerprint density at radius 1 is 1.00 bits per heavy atom. The van der Waals surface area contributed by atoms with E-state index in [1.807, 2.05) is 50.2 Å². The molecule has 9 nitrogen and oxygen atoms in total. The molecule has 0 unspecified atom stereocenters. The number of aryl methyl sites for hydroxylation is 2. The van der Waals surface area contributed by atoms with Gasteiger partial charge in [0.15, 0.2) is 5.82 Å². The van der Waals surface area contributed by atoms with E-state index in [1.165, 1.54) is 0 Å². The summed E-state index contributed by atoms with van der Waals surface area (Å²) < 4.78 is 34.6. The van der Waals surface area contributed by atoms with Gasteiger partial charge in [0.05, 0.1) is 24.2 Å². The van der Waals surface area contributed by atoms with Crippen LogP contribution in [-0.2, 0) is 16.6 Å². The predicted molar refractivity (Wildman–Crippen MR) is 116 cm³/mol. The standard InChI is InChI=1S/C21H26N6O3S/c1-16-4-9-20(17(2)14-16)31(28,29)26-12-10-25(11-13-26)15-21-22-23-24-27(21)18-5-7-19(30-3)8-6-18/h4-9,14H,10-13,15H2,1-3H3. The Balaban J connectivity index is 1.43. The predicted octanol–water partition coefficient (Wildman–Crippen LogP) is 1.79. The molecule has 31 heavy (non-hydrogen) atoms. The summed E-state index contributed by atoms with van der Waals surface area (Å²) in [5, 5.41) is 12.1. The molecule has 1 saturated heterocycles. The van der Waals surface area contributed by atoms with Crippen LogP contribution in [-0.4, -0.2) is 71.1 Å². The first kappa shape index (κ1) is 21.4. The van der Waals surface area contributed by atoms with E-state index in [0.717, 1.165) is 22.6 Å². The van der Waals surface area contributed by atoms with E-state index in [-0.39, 0.29) is 0 Å².